The van der Waals surface area contributed by atoms with Crippen molar-refractivity contribution in [2.75, 3.05) is 26.4 Å². The molecule has 5 nitrogen and oxygen atoms in total. The van der Waals surface area contributed by atoms with Crippen LogP contribution in [0.15, 0.2) is 23.1 Å². The maximum atomic E-state index is 12.9. The first-order valence-electron chi connectivity index (χ1n) is 5.10. The van der Waals surface area contributed by atoms with Crippen LogP contribution in [0.5, 0.6) is 0 Å². The van der Waals surface area contributed by atoms with E-state index in [2.05, 4.69) is 4.72 Å². The average Bonchev–Trinajstić information content (AvgIpc) is 2.32. The summed E-state index contributed by atoms with van der Waals surface area (Å²) in [5.41, 5.74) is 0. The van der Waals surface area contributed by atoms with Gasteiger partial charge < -0.3 is 9.84 Å². The van der Waals surface area contributed by atoms with Gasteiger partial charge in [0.1, 0.15) is 5.82 Å². The van der Waals surface area contributed by atoms with Crippen LogP contribution in [0.1, 0.15) is 0 Å². The molecule has 0 radical (unpaired) electrons. The number of hydrogen-bond donors (Lipinski definition) is 2. The molecule has 0 aliphatic rings. The Labute approximate surface area is 110 Å². The lowest BCUT2D eigenvalue weighted by molar-refractivity contribution is 0.0961. The predicted molar refractivity (Wildman–Crippen MR) is 64.5 cm³/mol. The number of halogens is 2. The Kier molecular flexibility index (Phi) is 5.97. The standard InChI is InChI=1S/C10H13ClFNO4S/c11-9-7-8(1-2-10(9)12)18(15,16)13-3-5-17-6-4-14/h1-2,7,13-14H,3-6H2. The van der Waals surface area contributed by atoms with Crippen molar-refractivity contribution in [3.63, 3.8) is 0 Å². The van der Waals surface area contributed by atoms with Crippen molar-refractivity contribution in [2.24, 2.45) is 0 Å². The molecule has 0 bridgehead atoms. The fourth-order valence-electron chi connectivity index (χ4n) is 1.14. The molecule has 0 aliphatic heterocycles. The van der Waals surface area contributed by atoms with Crippen molar-refractivity contribution >= 4 is 21.6 Å². The summed E-state index contributed by atoms with van der Waals surface area (Å²) in [5, 5.41) is 8.19. The molecule has 0 atom stereocenters. The molecule has 102 valence electrons. The fraction of sp³-hybridized carbons (Fsp3) is 0.400. The van der Waals surface area contributed by atoms with Crippen molar-refractivity contribution in [1.29, 1.82) is 0 Å². The van der Waals surface area contributed by atoms with E-state index in [1.54, 1.807) is 0 Å². The van der Waals surface area contributed by atoms with E-state index in [4.69, 9.17) is 21.4 Å². The highest BCUT2D eigenvalue weighted by Crippen LogP contribution is 2.19. The minimum absolute atomic E-state index is 0.0529. The zero-order valence-corrected chi connectivity index (χ0v) is 11.0. The second-order valence-electron chi connectivity index (χ2n) is 3.31. The van der Waals surface area contributed by atoms with Gasteiger partial charge in [-0.1, -0.05) is 11.6 Å². The van der Waals surface area contributed by atoms with Crippen LogP contribution < -0.4 is 4.72 Å². The summed E-state index contributed by atoms with van der Waals surface area (Å²) < 4.78 is 43.5. The summed E-state index contributed by atoms with van der Waals surface area (Å²) in [5.74, 6) is -0.679. The van der Waals surface area contributed by atoms with E-state index in [1.807, 2.05) is 0 Å². The molecular weight excluding hydrogens is 285 g/mol. The summed E-state index contributed by atoms with van der Waals surface area (Å²) in [6.07, 6.45) is 0. The minimum atomic E-state index is -3.73. The van der Waals surface area contributed by atoms with Gasteiger partial charge >= 0.3 is 0 Å². The Morgan fingerprint density at radius 3 is 2.72 bits per heavy atom. The van der Waals surface area contributed by atoms with Crippen molar-refractivity contribution < 1.29 is 22.7 Å². The maximum Gasteiger partial charge on any atom is 0.240 e. The normalized spacial score (nSPS) is 11.7. The first-order chi connectivity index (χ1) is 8.47. The number of benzene rings is 1. The number of hydrogen-bond acceptors (Lipinski definition) is 4. The monoisotopic (exact) mass is 297 g/mol. The largest absolute Gasteiger partial charge is 0.394 e. The molecule has 18 heavy (non-hydrogen) atoms. The van der Waals surface area contributed by atoms with Crippen LogP contribution in [-0.2, 0) is 14.8 Å². The first-order valence-corrected chi connectivity index (χ1v) is 6.97. The van der Waals surface area contributed by atoms with E-state index in [0.717, 1.165) is 18.2 Å². The fourth-order valence-corrected chi connectivity index (χ4v) is 2.43. The molecule has 0 aliphatic carbocycles. The first kappa shape index (κ1) is 15.3. The van der Waals surface area contributed by atoms with Gasteiger partial charge in [-0.25, -0.2) is 17.5 Å². The molecule has 0 spiro atoms. The second kappa shape index (κ2) is 7.01. The van der Waals surface area contributed by atoms with E-state index in [1.165, 1.54) is 0 Å². The van der Waals surface area contributed by atoms with E-state index in [0.29, 0.717) is 0 Å². The van der Waals surface area contributed by atoms with Gasteiger partial charge in [0.05, 0.1) is 29.7 Å². The predicted octanol–water partition coefficient (Wildman–Crippen LogP) is 0.766. The zero-order chi connectivity index (χ0) is 13.6. The third-order valence-corrected chi connectivity index (χ3v) is 3.72. The summed E-state index contributed by atoms with van der Waals surface area (Å²) >= 11 is 5.50. The molecule has 0 amide bonds. The molecule has 1 aromatic carbocycles. The molecule has 1 aromatic rings. The minimum Gasteiger partial charge on any atom is -0.394 e. The maximum absolute atomic E-state index is 12.9. The molecule has 8 heteroatoms. The average molecular weight is 298 g/mol. The van der Waals surface area contributed by atoms with Gasteiger partial charge in [-0.3, -0.25) is 0 Å². The Morgan fingerprint density at radius 2 is 2.11 bits per heavy atom. The van der Waals surface area contributed by atoms with E-state index < -0.39 is 15.8 Å². The second-order valence-corrected chi connectivity index (χ2v) is 5.48. The highest BCUT2D eigenvalue weighted by molar-refractivity contribution is 7.89. The zero-order valence-electron chi connectivity index (χ0n) is 9.40. The molecule has 2 N–H and O–H groups in total. The summed E-state index contributed by atoms with van der Waals surface area (Å²) in [6.45, 7) is 0.205. The highest BCUT2D eigenvalue weighted by atomic mass is 35.5. The molecule has 0 heterocycles. The highest BCUT2D eigenvalue weighted by Gasteiger charge is 2.15. The lowest BCUT2D eigenvalue weighted by Crippen LogP contribution is -2.27. The number of sulfonamides is 1. The van der Waals surface area contributed by atoms with E-state index >= 15 is 0 Å². The van der Waals surface area contributed by atoms with E-state index in [-0.39, 0.29) is 36.3 Å². The number of nitrogens with one attached hydrogen (secondary N) is 1. The van der Waals surface area contributed by atoms with Crippen LogP contribution in [-0.4, -0.2) is 39.9 Å². The van der Waals surface area contributed by atoms with Crippen LogP contribution in [0.3, 0.4) is 0 Å². The quantitative estimate of drug-likeness (QED) is 0.729. The topological polar surface area (TPSA) is 75.6 Å². The van der Waals surface area contributed by atoms with Gasteiger partial charge in [0, 0.05) is 6.54 Å². The molecule has 0 fully saturated rings. The van der Waals surface area contributed by atoms with Gasteiger partial charge in [-0.15, -0.1) is 0 Å². The molecule has 0 unspecified atom stereocenters. The van der Waals surface area contributed by atoms with Crippen molar-refractivity contribution in [3.05, 3.63) is 29.0 Å². The van der Waals surface area contributed by atoms with Gasteiger partial charge in [-0.05, 0) is 18.2 Å². The Balaban J connectivity index is 2.60. The van der Waals surface area contributed by atoms with Crippen LogP contribution >= 0.6 is 11.6 Å². The summed E-state index contributed by atoms with van der Waals surface area (Å²) in [7, 11) is -3.73. The van der Waals surface area contributed by atoms with Gasteiger partial charge in [0.15, 0.2) is 0 Å². The Hall–Kier alpha value is -0.730. The number of aliphatic hydroxyl groups is 1. The lowest BCUT2D eigenvalue weighted by atomic mass is 10.3. The molecule has 0 saturated carbocycles. The molecule has 0 aromatic heterocycles. The van der Waals surface area contributed by atoms with Gasteiger partial charge in [0.2, 0.25) is 10.0 Å². The smallest absolute Gasteiger partial charge is 0.240 e. The third kappa shape index (κ3) is 4.51. The van der Waals surface area contributed by atoms with Crippen LogP contribution in [0.4, 0.5) is 4.39 Å². The molecular formula is C10H13ClFNO4S. The van der Waals surface area contributed by atoms with Crippen molar-refractivity contribution in [1.82, 2.24) is 4.72 Å². The third-order valence-electron chi connectivity index (χ3n) is 1.98. The van der Waals surface area contributed by atoms with E-state index in [9.17, 15) is 12.8 Å². The van der Waals surface area contributed by atoms with Crippen molar-refractivity contribution in [2.45, 2.75) is 4.90 Å². The SMILES string of the molecule is O=S(=O)(NCCOCCO)c1ccc(F)c(Cl)c1. The van der Waals surface area contributed by atoms with Gasteiger partial charge in [-0.2, -0.15) is 0 Å². The number of ether oxygens (including phenoxy) is 1. The molecule has 1 rings (SSSR count). The summed E-state index contributed by atoms with van der Waals surface area (Å²) in [4.78, 5) is -0.115. The Morgan fingerprint density at radius 1 is 1.39 bits per heavy atom. The molecule has 0 saturated heterocycles. The van der Waals surface area contributed by atoms with Crippen LogP contribution in [0, 0.1) is 5.82 Å². The number of aliphatic hydroxyl groups excluding tert-OH is 1. The lowest BCUT2D eigenvalue weighted by Gasteiger charge is -2.07. The van der Waals surface area contributed by atoms with Crippen LogP contribution in [0.2, 0.25) is 5.02 Å². The van der Waals surface area contributed by atoms with Crippen molar-refractivity contribution in [3.8, 4) is 0 Å². The summed E-state index contributed by atoms with van der Waals surface area (Å²) in [6, 6.07) is 3.14. The Bertz CT molecular complexity index is 495. The van der Waals surface area contributed by atoms with Gasteiger partial charge in [0.25, 0.3) is 0 Å². The number of rotatable bonds is 7. The van der Waals surface area contributed by atoms with Crippen LogP contribution in [0.25, 0.3) is 0 Å².